The van der Waals surface area contributed by atoms with Gasteiger partial charge in [-0.2, -0.15) is 0 Å². The van der Waals surface area contributed by atoms with Crippen molar-refractivity contribution in [2.45, 2.75) is 44.4 Å². The number of cyclic esters (lactones) is 1. The third-order valence-electron chi connectivity index (χ3n) is 5.01. The summed E-state index contributed by atoms with van der Waals surface area (Å²) < 4.78 is 5.88. The maximum Gasteiger partial charge on any atom is 0.305 e. The number of carbonyl (C=O) groups excluding carboxylic acids is 1. The zero-order valence-electron chi connectivity index (χ0n) is 14.1. The van der Waals surface area contributed by atoms with Crippen molar-refractivity contribution < 1.29 is 9.53 Å². The molecule has 1 aliphatic rings. The molecule has 0 spiro atoms. The molecule has 120 valence electrons. The van der Waals surface area contributed by atoms with Crippen LogP contribution in [-0.4, -0.2) is 19.8 Å². The Balaban J connectivity index is 2.28. The van der Waals surface area contributed by atoms with Crippen LogP contribution in [0.3, 0.4) is 0 Å². The van der Waals surface area contributed by atoms with Crippen LogP contribution >= 0.6 is 0 Å². The normalized spacial score (nSPS) is 18.7. The van der Waals surface area contributed by atoms with Crippen molar-refractivity contribution in [1.82, 2.24) is 0 Å². The van der Waals surface area contributed by atoms with Crippen LogP contribution in [0.5, 0.6) is 0 Å². The molecule has 23 heavy (non-hydrogen) atoms. The maximum absolute atomic E-state index is 11.9. The highest BCUT2D eigenvalue weighted by atomic mass is 28.3. The van der Waals surface area contributed by atoms with E-state index < -0.39 is 8.07 Å². The van der Waals surface area contributed by atoms with Gasteiger partial charge in [0.1, 0.15) is 5.73 Å². The summed E-state index contributed by atoms with van der Waals surface area (Å²) in [5, 5.41) is 2.72. The van der Waals surface area contributed by atoms with Gasteiger partial charge in [-0.25, -0.2) is 0 Å². The third kappa shape index (κ3) is 2.63. The molecule has 0 saturated carbocycles. The summed E-state index contributed by atoms with van der Waals surface area (Å²) in [6, 6.07) is 21.4. The predicted octanol–water partition coefficient (Wildman–Crippen LogP) is 3.29. The zero-order chi connectivity index (χ0) is 16.5. The monoisotopic (exact) mass is 324 g/mol. The van der Waals surface area contributed by atoms with E-state index in [-0.39, 0.29) is 16.7 Å². The van der Waals surface area contributed by atoms with E-state index in [0.717, 1.165) is 6.42 Å². The number of rotatable bonds is 3. The molecule has 2 nitrogen and oxygen atoms in total. The fourth-order valence-electron chi connectivity index (χ4n) is 4.12. The Hall–Kier alpha value is -1.87. The van der Waals surface area contributed by atoms with Crippen LogP contribution < -0.4 is 10.4 Å². The largest absolute Gasteiger partial charge is 0.465 e. The van der Waals surface area contributed by atoms with Gasteiger partial charge in [-0.15, -0.1) is 0 Å². The van der Waals surface area contributed by atoms with Crippen molar-refractivity contribution in [2.75, 3.05) is 0 Å². The van der Waals surface area contributed by atoms with Gasteiger partial charge in [0, 0.05) is 6.42 Å². The average Bonchev–Trinajstić information content (AvgIpc) is 2.95. The molecule has 3 heteroatoms. The molecule has 1 unspecified atom stereocenters. The molecule has 0 bridgehead atoms. The Morgan fingerprint density at radius 1 is 0.913 bits per heavy atom. The summed E-state index contributed by atoms with van der Waals surface area (Å²) in [5.74, 6) is -0.0528. The molecule has 0 radical (unpaired) electrons. The first kappa shape index (κ1) is 16.0. The van der Waals surface area contributed by atoms with Crippen molar-refractivity contribution >= 4 is 24.4 Å². The van der Waals surface area contributed by atoms with Gasteiger partial charge in [-0.1, -0.05) is 81.4 Å². The van der Waals surface area contributed by atoms with Crippen LogP contribution in [0.1, 0.15) is 33.6 Å². The molecule has 1 saturated heterocycles. The fourth-order valence-corrected chi connectivity index (χ4v) is 10.2. The van der Waals surface area contributed by atoms with Crippen molar-refractivity contribution in [3.8, 4) is 0 Å². The van der Waals surface area contributed by atoms with Crippen molar-refractivity contribution in [3.63, 3.8) is 0 Å². The fraction of sp³-hybridized carbons (Fsp3) is 0.350. The van der Waals surface area contributed by atoms with E-state index in [4.69, 9.17) is 4.74 Å². The molecule has 1 fully saturated rings. The molecule has 0 aromatic heterocycles. The Labute approximate surface area is 139 Å². The van der Waals surface area contributed by atoms with E-state index >= 15 is 0 Å². The summed E-state index contributed by atoms with van der Waals surface area (Å²) >= 11 is 0. The first-order valence-electron chi connectivity index (χ1n) is 8.27. The minimum absolute atomic E-state index is 0.000185. The van der Waals surface area contributed by atoms with E-state index in [0.29, 0.717) is 6.42 Å². The molecular formula is C20H24O2Si. The number of hydrogen-bond donors (Lipinski definition) is 0. The van der Waals surface area contributed by atoms with Gasteiger partial charge >= 0.3 is 5.97 Å². The molecule has 0 aliphatic carbocycles. The predicted molar refractivity (Wildman–Crippen MR) is 96.7 cm³/mol. The van der Waals surface area contributed by atoms with Crippen LogP contribution in [0.25, 0.3) is 0 Å². The second-order valence-corrected chi connectivity index (χ2v) is 12.2. The van der Waals surface area contributed by atoms with Crippen LogP contribution in [0, 0.1) is 0 Å². The van der Waals surface area contributed by atoms with Crippen LogP contribution in [-0.2, 0) is 9.53 Å². The van der Waals surface area contributed by atoms with E-state index in [1.807, 2.05) is 0 Å². The maximum atomic E-state index is 11.9. The Bertz CT molecular complexity index is 634. The molecule has 2 aromatic rings. The first-order valence-corrected chi connectivity index (χ1v) is 10.3. The van der Waals surface area contributed by atoms with Gasteiger partial charge in [0.2, 0.25) is 0 Å². The zero-order valence-corrected chi connectivity index (χ0v) is 15.1. The van der Waals surface area contributed by atoms with Crippen LogP contribution in [0.4, 0.5) is 0 Å². The molecule has 1 atom stereocenters. The third-order valence-corrected chi connectivity index (χ3v) is 11.2. The quantitative estimate of drug-likeness (QED) is 0.640. The van der Waals surface area contributed by atoms with Crippen molar-refractivity contribution in [2.24, 2.45) is 0 Å². The van der Waals surface area contributed by atoms with Gasteiger partial charge in [0.25, 0.3) is 0 Å². The molecule has 1 aliphatic heterocycles. The lowest BCUT2D eigenvalue weighted by Crippen LogP contribution is -2.71. The second kappa shape index (κ2) is 5.97. The molecule has 2 aromatic carbocycles. The topological polar surface area (TPSA) is 26.3 Å². The number of ether oxygens (including phenoxy) is 1. The van der Waals surface area contributed by atoms with Crippen LogP contribution in [0.2, 0.25) is 5.04 Å². The van der Waals surface area contributed by atoms with E-state index in [1.54, 1.807) is 0 Å². The Kier molecular flexibility index (Phi) is 4.15. The lowest BCUT2D eigenvalue weighted by molar-refractivity contribution is -0.139. The van der Waals surface area contributed by atoms with E-state index in [1.165, 1.54) is 10.4 Å². The Morgan fingerprint density at radius 3 is 1.74 bits per heavy atom. The average molecular weight is 324 g/mol. The minimum atomic E-state index is -2.30. The van der Waals surface area contributed by atoms with Gasteiger partial charge in [0.05, 0.1) is 0 Å². The molecule has 3 rings (SSSR count). The second-order valence-electron chi connectivity index (χ2n) is 7.31. The molecule has 0 amide bonds. The Morgan fingerprint density at radius 2 is 1.39 bits per heavy atom. The van der Waals surface area contributed by atoms with E-state index in [2.05, 4.69) is 81.4 Å². The van der Waals surface area contributed by atoms with Gasteiger partial charge in [-0.05, 0) is 21.8 Å². The summed E-state index contributed by atoms with van der Waals surface area (Å²) in [5.41, 5.74) is -0.000185. The SMILES string of the molecule is CC(C)(C)[Si](c1ccccc1)(c1ccccc1)C1CCC(=O)O1. The number of carbonyl (C=O) groups is 1. The smallest absolute Gasteiger partial charge is 0.305 e. The minimum Gasteiger partial charge on any atom is -0.465 e. The molecular weight excluding hydrogens is 300 g/mol. The first-order chi connectivity index (χ1) is 11.0. The number of esters is 1. The highest BCUT2D eigenvalue weighted by molar-refractivity contribution is 7.05. The van der Waals surface area contributed by atoms with E-state index in [9.17, 15) is 4.79 Å². The van der Waals surface area contributed by atoms with Gasteiger partial charge in [-0.3, -0.25) is 4.79 Å². The summed E-state index contributed by atoms with van der Waals surface area (Å²) in [4.78, 5) is 11.9. The number of benzene rings is 2. The summed E-state index contributed by atoms with van der Waals surface area (Å²) in [6.07, 6.45) is 1.36. The highest BCUT2D eigenvalue weighted by Gasteiger charge is 2.56. The van der Waals surface area contributed by atoms with Gasteiger partial charge in [0.15, 0.2) is 8.07 Å². The van der Waals surface area contributed by atoms with Crippen LogP contribution in [0.15, 0.2) is 60.7 Å². The van der Waals surface area contributed by atoms with Crippen molar-refractivity contribution in [1.29, 1.82) is 0 Å². The lowest BCUT2D eigenvalue weighted by atomic mass is 10.2. The van der Waals surface area contributed by atoms with Gasteiger partial charge < -0.3 is 4.74 Å². The summed E-state index contributed by atoms with van der Waals surface area (Å²) in [7, 11) is -2.30. The molecule has 1 heterocycles. The number of hydrogen-bond acceptors (Lipinski definition) is 2. The van der Waals surface area contributed by atoms with Crippen molar-refractivity contribution in [3.05, 3.63) is 60.7 Å². The summed E-state index contributed by atoms with van der Waals surface area (Å²) in [6.45, 7) is 6.89. The highest BCUT2D eigenvalue weighted by Crippen LogP contribution is 2.41. The lowest BCUT2D eigenvalue weighted by Gasteiger charge is -2.46. The molecule has 0 N–H and O–H groups in total. The standard InChI is InChI=1S/C20H24O2Si/c1-20(2,3)23(16-10-6-4-7-11-16,17-12-8-5-9-13-17)19-15-14-18(21)22-19/h4-13,19H,14-15H2,1-3H3.